The van der Waals surface area contributed by atoms with Crippen molar-refractivity contribution in [1.82, 2.24) is 5.32 Å². The Balaban J connectivity index is 2.58. The third kappa shape index (κ3) is 2.58. The molecule has 0 aromatic rings. The first kappa shape index (κ1) is 11.8. The van der Waals surface area contributed by atoms with Gasteiger partial charge in [-0.25, -0.2) is 8.78 Å². The van der Waals surface area contributed by atoms with E-state index in [0.717, 1.165) is 0 Å². The standard InChI is InChI=1S/C8H8F4N2O/c9-6(10)8(11,12)7(15)14-5(3-13)4-1-2-4/h4-6H,1-2H2,(H,14,15). The SMILES string of the molecule is N#CC(NC(=O)C(F)(F)C(F)F)C1CC1. The lowest BCUT2D eigenvalue weighted by Gasteiger charge is -2.17. The molecule has 1 fully saturated rings. The zero-order valence-electron chi connectivity index (χ0n) is 7.51. The first-order valence-corrected chi connectivity index (χ1v) is 4.26. The van der Waals surface area contributed by atoms with Crippen LogP contribution >= 0.6 is 0 Å². The fourth-order valence-corrected chi connectivity index (χ4v) is 1.02. The van der Waals surface area contributed by atoms with Crippen molar-refractivity contribution in [2.75, 3.05) is 0 Å². The summed E-state index contributed by atoms with van der Waals surface area (Å²) >= 11 is 0. The van der Waals surface area contributed by atoms with E-state index < -0.39 is 24.3 Å². The van der Waals surface area contributed by atoms with Crippen LogP contribution in [0, 0.1) is 17.2 Å². The van der Waals surface area contributed by atoms with Gasteiger partial charge in [0.1, 0.15) is 6.04 Å². The van der Waals surface area contributed by atoms with E-state index in [-0.39, 0.29) is 5.92 Å². The monoisotopic (exact) mass is 224 g/mol. The van der Waals surface area contributed by atoms with Gasteiger partial charge >= 0.3 is 12.3 Å². The van der Waals surface area contributed by atoms with Gasteiger partial charge in [0, 0.05) is 0 Å². The molecule has 0 saturated heterocycles. The van der Waals surface area contributed by atoms with Crippen LogP contribution in [-0.2, 0) is 4.79 Å². The smallest absolute Gasteiger partial charge is 0.335 e. The van der Waals surface area contributed by atoms with Gasteiger partial charge in [0.2, 0.25) is 0 Å². The predicted molar refractivity (Wildman–Crippen MR) is 41.2 cm³/mol. The van der Waals surface area contributed by atoms with Gasteiger partial charge in [-0.1, -0.05) is 0 Å². The molecule has 3 nitrogen and oxygen atoms in total. The van der Waals surface area contributed by atoms with Crippen molar-refractivity contribution >= 4 is 5.91 Å². The molecule has 1 saturated carbocycles. The minimum Gasteiger partial charge on any atom is -0.335 e. The molecule has 1 amide bonds. The Hall–Kier alpha value is -1.32. The van der Waals surface area contributed by atoms with E-state index in [1.54, 1.807) is 11.4 Å². The average molecular weight is 224 g/mol. The average Bonchev–Trinajstić information content (AvgIpc) is 2.96. The number of alkyl halides is 4. The Bertz CT molecular complexity index is 296. The normalized spacial score (nSPS) is 18.4. The van der Waals surface area contributed by atoms with Crippen LogP contribution in [0.25, 0.3) is 0 Å². The molecule has 15 heavy (non-hydrogen) atoms. The number of nitrogens with zero attached hydrogens (tertiary/aromatic N) is 1. The number of carbonyl (C=O) groups excluding carboxylic acids is 1. The van der Waals surface area contributed by atoms with E-state index >= 15 is 0 Å². The lowest BCUT2D eigenvalue weighted by molar-refractivity contribution is -0.169. The molecule has 1 atom stereocenters. The molecule has 1 rings (SSSR count). The highest BCUT2D eigenvalue weighted by atomic mass is 19.3. The first-order valence-electron chi connectivity index (χ1n) is 4.26. The fraction of sp³-hybridized carbons (Fsp3) is 0.750. The molecule has 1 unspecified atom stereocenters. The second kappa shape index (κ2) is 4.04. The van der Waals surface area contributed by atoms with E-state index in [4.69, 9.17) is 5.26 Å². The number of hydrogen-bond acceptors (Lipinski definition) is 2. The van der Waals surface area contributed by atoms with Crippen LogP contribution in [0.3, 0.4) is 0 Å². The lowest BCUT2D eigenvalue weighted by atomic mass is 10.2. The Morgan fingerprint density at radius 1 is 1.47 bits per heavy atom. The molecule has 1 aliphatic carbocycles. The van der Waals surface area contributed by atoms with Crippen molar-refractivity contribution in [3.05, 3.63) is 0 Å². The molecule has 0 aliphatic heterocycles. The Morgan fingerprint density at radius 3 is 2.33 bits per heavy atom. The van der Waals surface area contributed by atoms with E-state index in [1.165, 1.54) is 0 Å². The van der Waals surface area contributed by atoms with Gasteiger partial charge in [-0.05, 0) is 18.8 Å². The summed E-state index contributed by atoms with van der Waals surface area (Å²) in [5.74, 6) is -7.01. The van der Waals surface area contributed by atoms with Crippen molar-refractivity contribution in [1.29, 1.82) is 5.26 Å². The highest BCUT2D eigenvalue weighted by Gasteiger charge is 2.50. The molecular weight excluding hydrogens is 216 g/mol. The van der Waals surface area contributed by atoms with Crippen LogP contribution in [0.1, 0.15) is 12.8 Å². The first-order chi connectivity index (χ1) is 6.89. The van der Waals surface area contributed by atoms with Gasteiger partial charge < -0.3 is 5.32 Å². The lowest BCUT2D eigenvalue weighted by Crippen LogP contribution is -2.49. The van der Waals surface area contributed by atoms with E-state index in [0.29, 0.717) is 12.8 Å². The predicted octanol–water partition coefficient (Wildman–Crippen LogP) is 1.31. The Kier molecular flexibility index (Phi) is 3.17. The number of rotatable bonds is 4. The molecule has 1 aliphatic rings. The summed E-state index contributed by atoms with van der Waals surface area (Å²) in [6.45, 7) is 0. The zero-order valence-corrected chi connectivity index (χ0v) is 7.51. The van der Waals surface area contributed by atoms with Gasteiger partial charge in [-0.3, -0.25) is 4.79 Å². The summed E-state index contributed by atoms with van der Waals surface area (Å²) in [6, 6.07) is 0.500. The van der Waals surface area contributed by atoms with Crippen molar-refractivity contribution in [3.63, 3.8) is 0 Å². The number of nitrogens with one attached hydrogen (secondary N) is 1. The van der Waals surface area contributed by atoms with Crippen molar-refractivity contribution in [3.8, 4) is 6.07 Å². The molecule has 0 bridgehead atoms. The van der Waals surface area contributed by atoms with Gasteiger partial charge in [0.15, 0.2) is 0 Å². The summed E-state index contributed by atoms with van der Waals surface area (Å²) in [7, 11) is 0. The van der Waals surface area contributed by atoms with Crippen LogP contribution in [0.5, 0.6) is 0 Å². The maximum atomic E-state index is 12.4. The summed E-state index contributed by atoms with van der Waals surface area (Å²) in [4.78, 5) is 10.7. The minimum absolute atomic E-state index is 0.188. The molecule has 0 aromatic heterocycles. The quantitative estimate of drug-likeness (QED) is 0.732. The van der Waals surface area contributed by atoms with Crippen molar-refractivity contribution < 1.29 is 22.4 Å². The highest BCUT2D eigenvalue weighted by molar-refractivity contribution is 5.84. The summed E-state index contributed by atoms with van der Waals surface area (Å²) < 4.78 is 48.4. The number of hydrogen-bond donors (Lipinski definition) is 1. The number of amides is 1. The summed E-state index contributed by atoms with van der Waals surface area (Å²) in [5, 5.41) is 10.1. The van der Waals surface area contributed by atoms with Gasteiger partial charge in [-0.2, -0.15) is 14.0 Å². The fourth-order valence-electron chi connectivity index (χ4n) is 1.02. The molecule has 84 valence electrons. The van der Waals surface area contributed by atoms with Crippen LogP contribution in [0.2, 0.25) is 0 Å². The molecule has 0 spiro atoms. The van der Waals surface area contributed by atoms with Crippen LogP contribution < -0.4 is 5.32 Å². The van der Waals surface area contributed by atoms with E-state index in [9.17, 15) is 22.4 Å². The topological polar surface area (TPSA) is 52.9 Å². The van der Waals surface area contributed by atoms with Gasteiger partial charge in [0.05, 0.1) is 6.07 Å². The van der Waals surface area contributed by atoms with Gasteiger partial charge in [-0.15, -0.1) is 0 Å². The number of carbonyl (C=O) groups is 1. The molecule has 0 heterocycles. The molecule has 0 aromatic carbocycles. The van der Waals surface area contributed by atoms with Gasteiger partial charge in [0.25, 0.3) is 5.91 Å². The minimum atomic E-state index is -4.73. The Labute approximate surface area is 83.1 Å². The van der Waals surface area contributed by atoms with Crippen molar-refractivity contribution in [2.45, 2.75) is 31.2 Å². The zero-order chi connectivity index (χ0) is 11.6. The highest BCUT2D eigenvalue weighted by Crippen LogP contribution is 2.33. The van der Waals surface area contributed by atoms with Crippen molar-refractivity contribution in [2.24, 2.45) is 5.92 Å². The van der Waals surface area contributed by atoms with E-state index in [1.807, 2.05) is 0 Å². The van der Waals surface area contributed by atoms with Crippen LogP contribution in [0.15, 0.2) is 0 Å². The molecule has 7 heteroatoms. The third-order valence-corrected chi connectivity index (χ3v) is 2.10. The Morgan fingerprint density at radius 2 is 2.00 bits per heavy atom. The third-order valence-electron chi connectivity index (χ3n) is 2.10. The maximum Gasteiger partial charge on any atom is 0.383 e. The number of nitriles is 1. The second-order valence-corrected chi connectivity index (χ2v) is 3.34. The second-order valence-electron chi connectivity index (χ2n) is 3.34. The molecular formula is C8H8F4N2O. The molecule has 0 radical (unpaired) electrons. The van der Waals surface area contributed by atoms with Crippen LogP contribution in [-0.4, -0.2) is 24.3 Å². The largest absolute Gasteiger partial charge is 0.383 e. The van der Waals surface area contributed by atoms with Crippen LogP contribution in [0.4, 0.5) is 17.6 Å². The van der Waals surface area contributed by atoms with E-state index in [2.05, 4.69) is 0 Å². The summed E-state index contributed by atoms with van der Waals surface area (Å²) in [5.41, 5.74) is 0. The maximum absolute atomic E-state index is 12.4. The molecule has 1 N–H and O–H groups in total. The number of halogens is 4. The summed E-state index contributed by atoms with van der Waals surface area (Å²) in [6.07, 6.45) is -2.78.